The summed E-state index contributed by atoms with van der Waals surface area (Å²) in [6.45, 7) is 3.70. The Morgan fingerprint density at radius 3 is 1.19 bits per heavy atom. The van der Waals surface area contributed by atoms with Crippen LogP contribution in [0.2, 0.25) is 0 Å². The summed E-state index contributed by atoms with van der Waals surface area (Å²) >= 11 is 0. The van der Waals surface area contributed by atoms with Crippen LogP contribution in [0.1, 0.15) is 12.8 Å². The molecule has 0 aromatic carbocycles. The largest absolute Gasteiger partial charge is 0.344 e. The number of hydrogen-bond donors (Lipinski definition) is 4. The SMILES string of the molecule is CP(=O)(O)CCCN.CP(=O)(O)CCCN. The van der Waals surface area contributed by atoms with Crippen molar-refractivity contribution in [1.29, 1.82) is 0 Å². The summed E-state index contributed by atoms with van der Waals surface area (Å²) in [5, 5.41) is 0. The monoisotopic (exact) mass is 274 g/mol. The maximum absolute atomic E-state index is 10.5. The molecule has 6 N–H and O–H groups in total. The minimum absolute atomic E-state index is 0.351. The lowest BCUT2D eigenvalue weighted by Gasteiger charge is -2.00. The Bertz CT molecular complexity index is 222. The number of rotatable bonds is 6. The highest BCUT2D eigenvalue weighted by molar-refractivity contribution is 7.57. The summed E-state index contributed by atoms with van der Waals surface area (Å²) in [5.41, 5.74) is 10.2. The second kappa shape index (κ2) is 9.34. The van der Waals surface area contributed by atoms with Crippen molar-refractivity contribution in [2.45, 2.75) is 12.8 Å². The van der Waals surface area contributed by atoms with Crippen molar-refractivity contribution in [3.63, 3.8) is 0 Å². The van der Waals surface area contributed by atoms with Gasteiger partial charge in [-0.2, -0.15) is 0 Å². The highest BCUT2D eigenvalue weighted by atomic mass is 31.2. The third-order valence-electron chi connectivity index (χ3n) is 1.55. The second-order valence-corrected chi connectivity index (χ2v) is 8.93. The van der Waals surface area contributed by atoms with Crippen LogP contribution in [-0.4, -0.2) is 48.5 Å². The Balaban J connectivity index is 0. The lowest BCUT2D eigenvalue weighted by molar-refractivity contribution is 0.481. The molecule has 0 saturated heterocycles. The van der Waals surface area contributed by atoms with Gasteiger partial charge in [0, 0.05) is 25.7 Å². The first kappa shape index (κ1) is 18.7. The topological polar surface area (TPSA) is 127 Å². The van der Waals surface area contributed by atoms with Crippen molar-refractivity contribution < 1.29 is 18.9 Å². The smallest absolute Gasteiger partial charge is 0.197 e. The maximum Gasteiger partial charge on any atom is 0.197 e. The molecule has 0 amide bonds. The second-order valence-electron chi connectivity index (χ2n) is 3.83. The lowest BCUT2D eigenvalue weighted by atomic mass is 10.5. The Morgan fingerprint density at radius 2 is 1.12 bits per heavy atom. The predicted octanol–water partition coefficient (Wildman–Crippen LogP) is 0.471. The molecule has 0 radical (unpaired) electrons. The van der Waals surface area contributed by atoms with E-state index >= 15 is 0 Å². The summed E-state index contributed by atoms with van der Waals surface area (Å²) in [5.74, 6) is 0. The Hall–Kier alpha value is 0.300. The fourth-order valence-electron chi connectivity index (χ4n) is 0.769. The zero-order chi connectivity index (χ0) is 13.2. The van der Waals surface area contributed by atoms with Crippen LogP contribution < -0.4 is 11.5 Å². The fraction of sp³-hybridized carbons (Fsp3) is 1.00. The van der Waals surface area contributed by atoms with E-state index in [0.29, 0.717) is 38.3 Å². The van der Waals surface area contributed by atoms with Gasteiger partial charge >= 0.3 is 0 Å². The van der Waals surface area contributed by atoms with E-state index in [1.165, 1.54) is 13.3 Å². The standard InChI is InChI=1S/2C4H12NO2P/c2*1-8(6,7)4-2-3-5/h2*2-5H2,1H3,(H,6,7). The highest BCUT2D eigenvalue weighted by Gasteiger charge is 2.06. The highest BCUT2D eigenvalue weighted by Crippen LogP contribution is 2.35. The van der Waals surface area contributed by atoms with E-state index in [-0.39, 0.29) is 0 Å². The van der Waals surface area contributed by atoms with Gasteiger partial charge in [0.1, 0.15) is 0 Å². The van der Waals surface area contributed by atoms with Gasteiger partial charge in [0.15, 0.2) is 14.7 Å². The molecule has 0 aliphatic heterocycles. The van der Waals surface area contributed by atoms with Gasteiger partial charge in [-0.15, -0.1) is 0 Å². The van der Waals surface area contributed by atoms with Gasteiger partial charge in [0.2, 0.25) is 0 Å². The molecule has 0 aliphatic carbocycles. The van der Waals surface area contributed by atoms with E-state index in [0.717, 1.165) is 0 Å². The van der Waals surface area contributed by atoms with Crippen LogP contribution >= 0.6 is 14.7 Å². The van der Waals surface area contributed by atoms with E-state index in [2.05, 4.69) is 0 Å². The van der Waals surface area contributed by atoms with Crippen LogP contribution in [0.3, 0.4) is 0 Å². The maximum atomic E-state index is 10.5. The minimum Gasteiger partial charge on any atom is -0.344 e. The van der Waals surface area contributed by atoms with Gasteiger partial charge in [-0.3, -0.25) is 9.13 Å². The van der Waals surface area contributed by atoms with Gasteiger partial charge in [-0.1, -0.05) is 0 Å². The molecule has 0 rings (SSSR count). The molecule has 0 aromatic heterocycles. The van der Waals surface area contributed by atoms with Crippen molar-refractivity contribution in [1.82, 2.24) is 0 Å². The number of hydrogen-bond acceptors (Lipinski definition) is 4. The van der Waals surface area contributed by atoms with E-state index in [1.54, 1.807) is 0 Å². The Morgan fingerprint density at radius 1 is 0.875 bits per heavy atom. The molecule has 6 nitrogen and oxygen atoms in total. The van der Waals surface area contributed by atoms with Gasteiger partial charge < -0.3 is 21.3 Å². The van der Waals surface area contributed by atoms with Crippen LogP contribution in [0.5, 0.6) is 0 Å². The van der Waals surface area contributed by atoms with Crippen molar-refractivity contribution in [2.75, 3.05) is 38.7 Å². The third kappa shape index (κ3) is 23.8. The van der Waals surface area contributed by atoms with Crippen molar-refractivity contribution in [3.8, 4) is 0 Å². The Labute approximate surface area is 97.3 Å². The first-order valence-corrected chi connectivity index (χ1v) is 9.69. The summed E-state index contributed by atoms with van der Waals surface area (Å²) < 4.78 is 20.9. The predicted molar refractivity (Wildman–Crippen MR) is 68.6 cm³/mol. The van der Waals surface area contributed by atoms with E-state index in [1.807, 2.05) is 0 Å². The van der Waals surface area contributed by atoms with E-state index < -0.39 is 14.7 Å². The molecule has 0 bridgehead atoms. The molecular weight excluding hydrogens is 250 g/mol. The molecule has 16 heavy (non-hydrogen) atoms. The molecular formula is C8H24N2O4P2. The quantitative estimate of drug-likeness (QED) is 0.521. The van der Waals surface area contributed by atoms with Gasteiger partial charge in [-0.25, -0.2) is 0 Å². The van der Waals surface area contributed by atoms with Crippen molar-refractivity contribution in [3.05, 3.63) is 0 Å². The summed E-state index contributed by atoms with van der Waals surface area (Å²) in [6, 6.07) is 0. The summed E-state index contributed by atoms with van der Waals surface area (Å²) in [6.07, 6.45) is 1.99. The molecule has 0 aliphatic rings. The van der Waals surface area contributed by atoms with Crippen LogP contribution in [0, 0.1) is 0 Å². The zero-order valence-electron chi connectivity index (χ0n) is 10.0. The van der Waals surface area contributed by atoms with Gasteiger partial charge in [0.25, 0.3) is 0 Å². The molecule has 2 unspecified atom stereocenters. The van der Waals surface area contributed by atoms with Crippen LogP contribution in [-0.2, 0) is 9.13 Å². The average molecular weight is 274 g/mol. The van der Waals surface area contributed by atoms with E-state index in [4.69, 9.17) is 21.3 Å². The Kier molecular flexibility index (Phi) is 10.9. The van der Waals surface area contributed by atoms with Crippen molar-refractivity contribution in [2.24, 2.45) is 11.5 Å². The average Bonchev–Trinajstić information content (AvgIpc) is 2.10. The molecule has 0 fully saturated rings. The molecule has 0 aromatic rings. The third-order valence-corrected chi connectivity index (χ3v) is 3.85. The first-order valence-electron chi connectivity index (χ1n) is 5.11. The van der Waals surface area contributed by atoms with Gasteiger partial charge in [0.05, 0.1) is 0 Å². The number of nitrogens with two attached hydrogens (primary N) is 2. The zero-order valence-corrected chi connectivity index (χ0v) is 11.8. The molecule has 2 atom stereocenters. The molecule has 100 valence electrons. The fourth-order valence-corrected chi connectivity index (χ4v) is 2.31. The molecule has 0 heterocycles. The van der Waals surface area contributed by atoms with Crippen molar-refractivity contribution >= 4 is 14.7 Å². The molecule has 0 spiro atoms. The normalized spacial score (nSPS) is 17.9. The minimum atomic E-state index is -2.76. The summed E-state index contributed by atoms with van der Waals surface area (Å²) in [7, 11) is -5.52. The molecule has 8 heteroatoms. The van der Waals surface area contributed by atoms with Crippen LogP contribution in [0.4, 0.5) is 0 Å². The molecule has 0 saturated carbocycles. The van der Waals surface area contributed by atoms with Crippen LogP contribution in [0.15, 0.2) is 0 Å². The van der Waals surface area contributed by atoms with Crippen LogP contribution in [0.25, 0.3) is 0 Å². The lowest BCUT2D eigenvalue weighted by Crippen LogP contribution is -2.01. The van der Waals surface area contributed by atoms with E-state index in [9.17, 15) is 9.13 Å². The first-order chi connectivity index (χ1) is 7.12. The summed E-state index contributed by atoms with van der Waals surface area (Å²) in [4.78, 5) is 17.3. The van der Waals surface area contributed by atoms with Gasteiger partial charge in [-0.05, 0) is 25.9 Å².